The zero-order valence-electron chi connectivity index (χ0n) is 16.4. The summed E-state index contributed by atoms with van der Waals surface area (Å²) in [5, 5.41) is 14.9. The third kappa shape index (κ3) is 5.86. The van der Waals surface area contributed by atoms with Gasteiger partial charge in [-0.1, -0.05) is 51.1 Å². The molecule has 142 valence electrons. The van der Waals surface area contributed by atoms with E-state index in [-0.39, 0.29) is 0 Å². The maximum atomic E-state index is 4.83. The molecule has 26 heavy (non-hydrogen) atoms. The zero-order chi connectivity index (χ0) is 18.8. The molecule has 1 aromatic carbocycles. The Balaban J connectivity index is 1.96. The number of aliphatic imine (C=N–C) groups is 1. The van der Waals surface area contributed by atoms with Gasteiger partial charge in [0.25, 0.3) is 0 Å². The lowest BCUT2D eigenvalue weighted by atomic mass is 9.88. The predicted molar refractivity (Wildman–Crippen MR) is 107 cm³/mol. The molecule has 2 N–H and O–H groups in total. The highest BCUT2D eigenvalue weighted by Gasteiger charge is 2.15. The molecule has 6 nitrogen and oxygen atoms in total. The van der Waals surface area contributed by atoms with Crippen LogP contribution in [0.1, 0.15) is 45.0 Å². The molecule has 1 unspecified atom stereocenters. The largest absolute Gasteiger partial charge is 0.357 e. The van der Waals surface area contributed by atoms with Gasteiger partial charge in [-0.2, -0.15) is 0 Å². The Hall–Kier alpha value is -2.37. The molecule has 6 heteroatoms. The topological polar surface area (TPSA) is 67.1 Å². The van der Waals surface area contributed by atoms with Crippen molar-refractivity contribution in [1.29, 1.82) is 0 Å². The minimum absolute atomic E-state index is 0.413. The first-order valence-corrected chi connectivity index (χ1v) is 9.59. The Morgan fingerprint density at radius 3 is 2.58 bits per heavy atom. The smallest absolute Gasteiger partial charge is 0.191 e. The number of hydrogen-bond acceptors (Lipinski definition) is 3. The number of aryl methyl sites for hydroxylation is 1. The van der Waals surface area contributed by atoms with Gasteiger partial charge in [-0.15, -0.1) is 10.2 Å². The summed E-state index contributed by atoms with van der Waals surface area (Å²) in [6.07, 6.45) is 2.68. The molecular weight excluding hydrogens is 324 g/mol. The van der Waals surface area contributed by atoms with Crippen molar-refractivity contribution in [3.63, 3.8) is 0 Å². The molecule has 2 aromatic rings. The van der Waals surface area contributed by atoms with Gasteiger partial charge >= 0.3 is 0 Å². The number of benzene rings is 1. The van der Waals surface area contributed by atoms with E-state index >= 15 is 0 Å². The Bertz CT molecular complexity index is 662. The van der Waals surface area contributed by atoms with Crippen molar-refractivity contribution in [2.45, 2.75) is 46.6 Å². The summed E-state index contributed by atoms with van der Waals surface area (Å²) in [6.45, 7) is 11.9. The van der Waals surface area contributed by atoms with Crippen LogP contribution in [0.25, 0.3) is 0 Å². The van der Waals surface area contributed by atoms with E-state index in [1.165, 1.54) is 5.56 Å². The van der Waals surface area contributed by atoms with Crippen LogP contribution in [-0.2, 0) is 13.0 Å². The predicted octanol–water partition coefficient (Wildman–Crippen LogP) is 2.84. The molecule has 0 aliphatic rings. The van der Waals surface area contributed by atoms with Crippen LogP contribution in [0.4, 0.5) is 0 Å². The summed E-state index contributed by atoms with van der Waals surface area (Å²) < 4.78 is 2.08. The normalized spacial score (nSPS) is 13.0. The van der Waals surface area contributed by atoms with Crippen LogP contribution < -0.4 is 10.6 Å². The van der Waals surface area contributed by atoms with E-state index in [4.69, 9.17) is 4.99 Å². The van der Waals surface area contributed by atoms with Gasteiger partial charge < -0.3 is 15.2 Å². The van der Waals surface area contributed by atoms with Crippen LogP contribution in [0.5, 0.6) is 0 Å². The Kier molecular flexibility index (Phi) is 8.12. The van der Waals surface area contributed by atoms with Gasteiger partial charge in [-0.05, 0) is 18.4 Å². The summed E-state index contributed by atoms with van der Waals surface area (Å²) in [7, 11) is 0. The number of nitrogens with zero attached hydrogens (tertiary/aromatic N) is 4. The third-order valence-electron chi connectivity index (χ3n) is 4.48. The highest BCUT2D eigenvalue weighted by atomic mass is 15.3. The minimum Gasteiger partial charge on any atom is -0.357 e. The Labute approximate surface area is 157 Å². The number of aromatic nitrogens is 3. The highest BCUT2D eigenvalue weighted by molar-refractivity contribution is 5.79. The molecule has 0 amide bonds. The quantitative estimate of drug-likeness (QED) is 0.535. The first-order valence-electron chi connectivity index (χ1n) is 9.59. The van der Waals surface area contributed by atoms with Crippen LogP contribution >= 0.6 is 0 Å². The Morgan fingerprint density at radius 1 is 1.15 bits per heavy atom. The van der Waals surface area contributed by atoms with Crippen LogP contribution in [0.2, 0.25) is 0 Å². The number of guanidine groups is 1. The average Bonchev–Trinajstić information content (AvgIpc) is 3.10. The molecule has 0 bridgehead atoms. The molecule has 2 rings (SSSR count). The van der Waals surface area contributed by atoms with Crippen molar-refractivity contribution in [1.82, 2.24) is 25.4 Å². The molecule has 0 saturated carbocycles. The van der Waals surface area contributed by atoms with E-state index < -0.39 is 0 Å². The van der Waals surface area contributed by atoms with E-state index in [9.17, 15) is 0 Å². The molecule has 0 radical (unpaired) electrons. The molecule has 1 heterocycles. The van der Waals surface area contributed by atoms with Crippen molar-refractivity contribution < 1.29 is 0 Å². The molecule has 0 aliphatic carbocycles. The molecular formula is C20H32N6. The third-order valence-corrected chi connectivity index (χ3v) is 4.48. The lowest BCUT2D eigenvalue weighted by Crippen LogP contribution is -2.39. The minimum atomic E-state index is 0.413. The molecule has 0 saturated heterocycles. The van der Waals surface area contributed by atoms with Crippen LogP contribution in [0.3, 0.4) is 0 Å². The van der Waals surface area contributed by atoms with Crippen molar-refractivity contribution in [3.05, 3.63) is 48.0 Å². The SMILES string of the molecule is CCNC(=NCC(c1ccccc1)C(C)C)NCCn1cnnc1CC. The van der Waals surface area contributed by atoms with Crippen LogP contribution in [-0.4, -0.2) is 40.4 Å². The van der Waals surface area contributed by atoms with Crippen molar-refractivity contribution in [3.8, 4) is 0 Å². The summed E-state index contributed by atoms with van der Waals surface area (Å²) in [4.78, 5) is 4.83. The lowest BCUT2D eigenvalue weighted by molar-refractivity contribution is 0.505. The van der Waals surface area contributed by atoms with Gasteiger partial charge in [-0.3, -0.25) is 4.99 Å². The fraction of sp³-hybridized carbons (Fsp3) is 0.550. The van der Waals surface area contributed by atoms with E-state index in [0.29, 0.717) is 11.8 Å². The fourth-order valence-electron chi connectivity index (χ4n) is 2.97. The van der Waals surface area contributed by atoms with Gasteiger partial charge in [0.05, 0.1) is 0 Å². The second-order valence-electron chi connectivity index (χ2n) is 6.70. The zero-order valence-corrected chi connectivity index (χ0v) is 16.4. The van der Waals surface area contributed by atoms with Crippen molar-refractivity contribution in [2.75, 3.05) is 19.6 Å². The first kappa shape index (κ1) is 19.9. The average molecular weight is 357 g/mol. The Morgan fingerprint density at radius 2 is 1.92 bits per heavy atom. The van der Waals surface area contributed by atoms with Gasteiger partial charge in [0.1, 0.15) is 12.2 Å². The van der Waals surface area contributed by atoms with E-state index in [1.54, 1.807) is 6.33 Å². The van der Waals surface area contributed by atoms with Crippen molar-refractivity contribution in [2.24, 2.45) is 10.9 Å². The number of hydrogen-bond donors (Lipinski definition) is 2. The summed E-state index contributed by atoms with van der Waals surface area (Å²) in [5.41, 5.74) is 1.35. The van der Waals surface area contributed by atoms with E-state index in [2.05, 4.69) is 83.4 Å². The number of rotatable bonds is 9. The first-order chi connectivity index (χ1) is 12.7. The van der Waals surface area contributed by atoms with Crippen molar-refractivity contribution >= 4 is 5.96 Å². The van der Waals surface area contributed by atoms with Crippen LogP contribution in [0.15, 0.2) is 41.7 Å². The second kappa shape index (κ2) is 10.6. The summed E-state index contributed by atoms with van der Waals surface area (Å²) >= 11 is 0. The standard InChI is InChI=1S/C20H32N6/c1-5-19-25-24-15-26(19)13-12-22-20(21-6-2)23-14-18(16(3)4)17-10-8-7-9-11-17/h7-11,15-16,18H,5-6,12-14H2,1-4H3,(H2,21,22,23). The maximum absolute atomic E-state index is 4.83. The van der Waals surface area contributed by atoms with E-state index in [0.717, 1.165) is 44.4 Å². The van der Waals surface area contributed by atoms with Gasteiger partial charge in [0.2, 0.25) is 0 Å². The molecule has 0 spiro atoms. The second-order valence-corrected chi connectivity index (χ2v) is 6.70. The fourth-order valence-corrected chi connectivity index (χ4v) is 2.97. The lowest BCUT2D eigenvalue weighted by Gasteiger charge is -2.20. The monoisotopic (exact) mass is 356 g/mol. The van der Waals surface area contributed by atoms with Gasteiger partial charge in [0.15, 0.2) is 5.96 Å². The van der Waals surface area contributed by atoms with Gasteiger partial charge in [0, 0.05) is 38.5 Å². The molecule has 0 fully saturated rings. The van der Waals surface area contributed by atoms with Gasteiger partial charge in [-0.25, -0.2) is 0 Å². The molecule has 1 atom stereocenters. The van der Waals surface area contributed by atoms with E-state index in [1.807, 2.05) is 0 Å². The maximum Gasteiger partial charge on any atom is 0.191 e. The highest BCUT2D eigenvalue weighted by Crippen LogP contribution is 2.24. The summed E-state index contributed by atoms with van der Waals surface area (Å²) in [6, 6.07) is 10.6. The van der Waals surface area contributed by atoms with Crippen LogP contribution in [0, 0.1) is 5.92 Å². The molecule has 0 aliphatic heterocycles. The number of nitrogens with one attached hydrogen (secondary N) is 2. The molecule has 1 aromatic heterocycles. The summed E-state index contributed by atoms with van der Waals surface area (Å²) in [5.74, 6) is 2.82.